The number of ether oxygens (including phenoxy) is 1. The number of nitrogens with zero attached hydrogens (tertiary/aromatic N) is 2. The minimum absolute atomic E-state index is 0.349. The molecule has 2 aromatic rings. The Morgan fingerprint density at radius 1 is 1.26 bits per heavy atom. The molecule has 1 aliphatic carbocycles. The number of imidazole rings is 1. The monoisotopic (exact) mass is 317 g/mol. The Bertz CT molecular complexity index is 644. The average Bonchev–Trinajstić information content (AvgIpc) is 2.86. The highest BCUT2D eigenvalue weighted by Gasteiger charge is 2.24. The number of aryl methyl sites for hydroxylation is 1. The summed E-state index contributed by atoms with van der Waals surface area (Å²) in [6.07, 6.45) is 6.98. The third kappa shape index (κ3) is 3.59. The van der Waals surface area contributed by atoms with Crippen LogP contribution in [0, 0.1) is 0 Å². The molecule has 0 aliphatic heterocycles. The van der Waals surface area contributed by atoms with Crippen LogP contribution in [0.4, 0.5) is 0 Å². The molecule has 3 rings (SSSR count). The molecule has 1 aromatic carbocycles. The van der Waals surface area contributed by atoms with Gasteiger partial charge < -0.3 is 9.84 Å². The first-order valence-electron chi connectivity index (χ1n) is 8.96. The molecule has 1 aliphatic rings. The highest BCUT2D eigenvalue weighted by Crippen LogP contribution is 2.21. The second-order valence-corrected chi connectivity index (χ2v) is 6.68. The Morgan fingerprint density at radius 2 is 2.00 bits per heavy atom. The fourth-order valence-electron chi connectivity index (χ4n) is 3.81. The molecule has 0 spiro atoms. The lowest BCUT2D eigenvalue weighted by molar-refractivity contribution is -0.653. The van der Waals surface area contributed by atoms with Gasteiger partial charge >= 0.3 is 0 Å². The molecule has 1 N–H and O–H groups in total. The second kappa shape index (κ2) is 7.45. The molecule has 4 nitrogen and oxygen atoms in total. The third-order valence-corrected chi connectivity index (χ3v) is 5.02. The Kier molecular flexibility index (Phi) is 5.34. The number of hydrogen-bond acceptors (Lipinski definition) is 2. The summed E-state index contributed by atoms with van der Waals surface area (Å²) >= 11 is 0. The molecular formula is C19H29N2O2+. The van der Waals surface area contributed by atoms with E-state index in [-0.39, 0.29) is 0 Å². The lowest BCUT2D eigenvalue weighted by Gasteiger charge is -2.23. The molecule has 1 heterocycles. The summed E-state index contributed by atoms with van der Waals surface area (Å²) in [6, 6.07) is 8.39. The topological polar surface area (TPSA) is 38.3 Å². The van der Waals surface area contributed by atoms with E-state index in [1.807, 2.05) is 0 Å². The summed E-state index contributed by atoms with van der Waals surface area (Å²) in [7, 11) is 2.10. The first kappa shape index (κ1) is 16.5. The summed E-state index contributed by atoms with van der Waals surface area (Å²) in [5, 5.41) is 10.5. The number of benzene rings is 1. The number of rotatable bonds is 6. The zero-order valence-corrected chi connectivity index (χ0v) is 14.4. The first-order valence-corrected chi connectivity index (χ1v) is 8.96. The maximum absolute atomic E-state index is 10.5. The van der Waals surface area contributed by atoms with Crippen molar-refractivity contribution in [3.8, 4) is 0 Å². The minimum atomic E-state index is -0.460. The fourth-order valence-corrected chi connectivity index (χ4v) is 3.81. The van der Waals surface area contributed by atoms with E-state index >= 15 is 0 Å². The predicted molar refractivity (Wildman–Crippen MR) is 91.3 cm³/mol. The average molecular weight is 317 g/mol. The molecule has 23 heavy (non-hydrogen) atoms. The summed E-state index contributed by atoms with van der Waals surface area (Å²) in [6.45, 7) is 3.19. The van der Waals surface area contributed by atoms with Crippen LogP contribution in [0.15, 0.2) is 24.3 Å². The number of aromatic nitrogens is 2. The molecular weight excluding hydrogens is 288 g/mol. The van der Waals surface area contributed by atoms with Gasteiger partial charge in [-0.3, -0.25) is 0 Å². The molecule has 4 heteroatoms. The van der Waals surface area contributed by atoms with E-state index in [1.54, 1.807) is 0 Å². The van der Waals surface area contributed by atoms with Crippen molar-refractivity contribution >= 4 is 11.0 Å². The van der Waals surface area contributed by atoms with Crippen LogP contribution in [0.25, 0.3) is 11.0 Å². The lowest BCUT2D eigenvalue weighted by Crippen LogP contribution is -2.34. The summed E-state index contributed by atoms with van der Waals surface area (Å²) in [5.74, 6) is 1.24. The number of aliphatic hydroxyl groups excluding tert-OH is 1. The van der Waals surface area contributed by atoms with Gasteiger partial charge in [0.05, 0.1) is 19.8 Å². The lowest BCUT2D eigenvalue weighted by atomic mass is 9.98. The summed E-state index contributed by atoms with van der Waals surface area (Å²) < 4.78 is 10.4. The maximum atomic E-state index is 10.5. The van der Waals surface area contributed by atoms with Crippen molar-refractivity contribution in [2.75, 3.05) is 6.61 Å². The molecule has 0 bridgehead atoms. The molecule has 0 unspecified atom stereocenters. The van der Waals surface area contributed by atoms with Crippen molar-refractivity contribution < 1.29 is 14.4 Å². The highest BCUT2D eigenvalue weighted by atomic mass is 16.5. The summed E-state index contributed by atoms with van der Waals surface area (Å²) in [5.41, 5.74) is 2.40. The van der Waals surface area contributed by atoms with E-state index in [4.69, 9.17) is 4.74 Å². The van der Waals surface area contributed by atoms with E-state index in [2.05, 4.69) is 47.4 Å². The van der Waals surface area contributed by atoms with Crippen LogP contribution in [0.2, 0.25) is 0 Å². The zero-order chi connectivity index (χ0) is 16.2. The highest BCUT2D eigenvalue weighted by molar-refractivity contribution is 5.72. The van der Waals surface area contributed by atoms with Gasteiger partial charge in [-0.1, -0.05) is 38.3 Å². The van der Waals surface area contributed by atoms with Crippen LogP contribution in [-0.2, 0) is 24.8 Å². The van der Waals surface area contributed by atoms with Crippen molar-refractivity contribution in [1.29, 1.82) is 0 Å². The molecule has 1 saturated carbocycles. The van der Waals surface area contributed by atoms with Crippen molar-refractivity contribution in [3.63, 3.8) is 0 Å². The maximum Gasteiger partial charge on any atom is 0.256 e. The van der Waals surface area contributed by atoms with Gasteiger partial charge in [-0.05, 0) is 25.0 Å². The Hall–Kier alpha value is -1.39. The molecule has 126 valence electrons. The Morgan fingerprint density at radius 3 is 2.74 bits per heavy atom. The molecule has 0 amide bonds. The zero-order valence-electron chi connectivity index (χ0n) is 14.4. The SMILES string of the molecule is CCc1n(C[C@H](O)COC2CCCCC2)c2ccccc2[n+]1C. The van der Waals surface area contributed by atoms with Gasteiger partial charge in [-0.2, -0.15) is 0 Å². The van der Waals surface area contributed by atoms with Gasteiger partial charge in [0.1, 0.15) is 12.6 Å². The van der Waals surface area contributed by atoms with Crippen LogP contribution in [-0.4, -0.2) is 28.5 Å². The smallest absolute Gasteiger partial charge is 0.256 e. The second-order valence-electron chi connectivity index (χ2n) is 6.68. The molecule has 0 radical (unpaired) electrons. The number of aliphatic hydroxyl groups is 1. The van der Waals surface area contributed by atoms with Gasteiger partial charge in [-0.15, -0.1) is 0 Å². The van der Waals surface area contributed by atoms with Crippen LogP contribution in [0.3, 0.4) is 0 Å². The largest absolute Gasteiger partial charge is 0.387 e. The molecule has 1 fully saturated rings. The predicted octanol–water partition coefficient (Wildman–Crippen LogP) is 2.74. The van der Waals surface area contributed by atoms with Crippen molar-refractivity contribution in [3.05, 3.63) is 30.1 Å². The Balaban J connectivity index is 1.70. The van der Waals surface area contributed by atoms with Gasteiger partial charge in [0.25, 0.3) is 5.82 Å². The normalized spacial score (nSPS) is 17.7. The van der Waals surface area contributed by atoms with Crippen molar-refractivity contribution in [1.82, 2.24) is 4.57 Å². The standard InChI is InChI=1S/C19H29N2O2/c1-3-19-20(2)17-11-7-8-12-18(17)21(19)13-15(22)14-23-16-9-5-4-6-10-16/h7-8,11-12,15-16,22H,3-6,9-10,13-14H2,1-2H3/q+1/t15-/m0/s1. The molecule has 1 atom stereocenters. The van der Waals surface area contributed by atoms with Gasteiger partial charge in [0.2, 0.25) is 0 Å². The number of para-hydroxylation sites is 2. The molecule has 1 aromatic heterocycles. The molecule has 0 saturated heterocycles. The quantitative estimate of drug-likeness (QED) is 0.832. The summed E-state index contributed by atoms with van der Waals surface area (Å²) in [4.78, 5) is 0. The van der Waals surface area contributed by atoms with Crippen molar-refractivity contribution in [2.24, 2.45) is 7.05 Å². The third-order valence-electron chi connectivity index (χ3n) is 5.02. The fraction of sp³-hybridized carbons (Fsp3) is 0.632. The van der Waals surface area contributed by atoms with Crippen LogP contribution in [0.1, 0.15) is 44.9 Å². The van der Waals surface area contributed by atoms with Gasteiger partial charge in [0, 0.05) is 6.42 Å². The van der Waals surface area contributed by atoms with Crippen molar-refractivity contribution in [2.45, 2.75) is 64.2 Å². The number of fused-ring (bicyclic) bond motifs is 1. The van der Waals surface area contributed by atoms with Gasteiger partial charge in [0.15, 0.2) is 11.0 Å². The Labute approximate surface area is 138 Å². The van der Waals surface area contributed by atoms with Crippen LogP contribution in [0.5, 0.6) is 0 Å². The van der Waals surface area contributed by atoms with E-state index in [9.17, 15) is 5.11 Å². The minimum Gasteiger partial charge on any atom is -0.387 e. The first-order chi connectivity index (χ1) is 11.2. The van der Waals surface area contributed by atoms with Gasteiger partial charge in [-0.25, -0.2) is 9.13 Å². The van der Waals surface area contributed by atoms with Crippen LogP contribution < -0.4 is 4.57 Å². The number of hydrogen-bond donors (Lipinski definition) is 1. The van der Waals surface area contributed by atoms with E-state index in [0.29, 0.717) is 19.3 Å². The van der Waals surface area contributed by atoms with E-state index in [0.717, 1.165) is 19.3 Å². The van der Waals surface area contributed by atoms with E-state index < -0.39 is 6.10 Å². The van der Waals surface area contributed by atoms with E-state index in [1.165, 1.54) is 36.1 Å². The van der Waals surface area contributed by atoms with Crippen LogP contribution >= 0.6 is 0 Å².